The van der Waals surface area contributed by atoms with Crippen molar-refractivity contribution in [1.82, 2.24) is 15.6 Å². The summed E-state index contributed by atoms with van der Waals surface area (Å²) in [6, 6.07) is 3.35. The topological polar surface area (TPSA) is 52.6 Å². The maximum Gasteiger partial charge on any atom is 0.191 e. The molecule has 1 aliphatic carbocycles. The Balaban J connectivity index is 1.43. The molecule has 23 heavy (non-hydrogen) atoms. The van der Waals surface area contributed by atoms with Crippen LogP contribution in [0.15, 0.2) is 23.3 Å². The first kappa shape index (κ1) is 16.0. The Morgan fingerprint density at radius 2 is 2.30 bits per heavy atom. The van der Waals surface area contributed by atoms with Crippen LogP contribution in [0.4, 0.5) is 10.2 Å². The van der Waals surface area contributed by atoms with Crippen LogP contribution in [0.2, 0.25) is 0 Å². The van der Waals surface area contributed by atoms with E-state index in [0.29, 0.717) is 5.82 Å². The minimum atomic E-state index is -0.254. The summed E-state index contributed by atoms with van der Waals surface area (Å²) in [5.41, 5.74) is 0. The second-order valence-corrected chi connectivity index (χ2v) is 6.47. The van der Waals surface area contributed by atoms with Crippen molar-refractivity contribution in [3.05, 3.63) is 24.1 Å². The number of nitrogens with one attached hydrogen (secondary N) is 2. The van der Waals surface area contributed by atoms with Gasteiger partial charge in [-0.15, -0.1) is 0 Å². The highest BCUT2D eigenvalue weighted by Gasteiger charge is 2.26. The van der Waals surface area contributed by atoms with E-state index in [4.69, 9.17) is 0 Å². The standard InChI is InChI=1S/C17H26FN5/c1-19-17(21-10-2-4-13-6-7-13)22-14-8-11-23(12-14)16-15(18)5-3-9-20-16/h3,5,9,13-14H,2,4,6-8,10-12H2,1H3,(H2,19,21,22). The van der Waals surface area contributed by atoms with Crippen molar-refractivity contribution in [3.8, 4) is 0 Å². The molecule has 1 saturated carbocycles. The highest BCUT2D eigenvalue weighted by Crippen LogP contribution is 2.33. The lowest BCUT2D eigenvalue weighted by Crippen LogP contribution is -2.45. The first-order chi connectivity index (χ1) is 11.3. The van der Waals surface area contributed by atoms with Gasteiger partial charge in [0.05, 0.1) is 0 Å². The van der Waals surface area contributed by atoms with Gasteiger partial charge in [0.2, 0.25) is 0 Å². The molecular weight excluding hydrogens is 293 g/mol. The molecule has 0 spiro atoms. The summed E-state index contributed by atoms with van der Waals surface area (Å²) in [6.45, 7) is 2.52. The van der Waals surface area contributed by atoms with Gasteiger partial charge in [-0.3, -0.25) is 4.99 Å². The lowest BCUT2D eigenvalue weighted by atomic mass is 10.2. The van der Waals surface area contributed by atoms with Crippen molar-refractivity contribution in [2.75, 3.05) is 31.6 Å². The molecule has 1 atom stereocenters. The van der Waals surface area contributed by atoms with Crippen LogP contribution in [-0.4, -0.2) is 43.7 Å². The Labute approximate surface area is 137 Å². The maximum atomic E-state index is 13.8. The van der Waals surface area contributed by atoms with Gasteiger partial charge in [0.25, 0.3) is 0 Å². The molecule has 0 radical (unpaired) electrons. The molecular formula is C17H26FN5. The first-order valence-electron chi connectivity index (χ1n) is 8.59. The monoisotopic (exact) mass is 319 g/mol. The molecule has 2 N–H and O–H groups in total. The summed E-state index contributed by atoms with van der Waals surface area (Å²) in [5.74, 6) is 2.01. The number of anilines is 1. The smallest absolute Gasteiger partial charge is 0.191 e. The molecule has 5 nitrogen and oxygen atoms in total. The zero-order valence-electron chi connectivity index (χ0n) is 13.8. The van der Waals surface area contributed by atoms with Crippen molar-refractivity contribution >= 4 is 11.8 Å². The van der Waals surface area contributed by atoms with Crippen molar-refractivity contribution in [2.24, 2.45) is 10.9 Å². The van der Waals surface area contributed by atoms with Gasteiger partial charge in [0.1, 0.15) is 0 Å². The van der Waals surface area contributed by atoms with Gasteiger partial charge in [0.15, 0.2) is 17.6 Å². The maximum absolute atomic E-state index is 13.8. The van der Waals surface area contributed by atoms with E-state index in [-0.39, 0.29) is 11.9 Å². The van der Waals surface area contributed by atoms with Gasteiger partial charge in [-0.25, -0.2) is 9.37 Å². The van der Waals surface area contributed by atoms with Crippen LogP contribution in [0.3, 0.4) is 0 Å². The average molecular weight is 319 g/mol. The Morgan fingerprint density at radius 3 is 3.04 bits per heavy atom. The van der Waals surface area contributed by atoms with Crippen LogP contribution in [0.5, 0.6) is 0 Å². The fourth-order valence-corrected chi connectivity index (χ4v) is 3.07. The molecule has 1 unspecified atom stereocenters. The molecule has 0 aromatic carbocycles. The predicted octanol–water partition coefficient (Wildman–Crippen LogP) is 2.15. The fourth-order valence-electron chi connectivity index (χ4n) is 3.07. The molecule has 3 rings (SSSR count). The third-order valence-corrected chi connectivity index (χ3v) is 4.57. The number of hydrogen-bond acceptors (Lipinski definition) is 3. The Bertz CT molecular complexity index is 544. The van der Waals surface area contributed by atoms with E-state index < -0.39 is 0 Å². The van der Waals surface area contributed by atoms with Gasteiger partial charge in [0, 0.05) is 38.9 Å². The Hall–Kier alpha value is -1.85. The summed E-state index contributed by atoms with van der Waals surface area (Å²) in [4.78, 5) is 10.4. The molecule has 1 aromatic rings. The number of halogens is 1. The first-order valence-corrected chi connectivity index (χ1v) is 8.59. The Morgan fingerprint density at radius 1 is 1.43 bits per heavy atom. The number of aliphatic imine (C=N–C) groups is 1. The molecule has 0 bridgehead atoms. The van der Waals surface area contributed by atoms with Crippen molar-refractivity contribution < 1.29 is 4.39 Å². The second kappa shape index (κ2) is 7.62. The molecule has 1 aromatic heterocycles. The van der Waals surface area contributed by atoms with Crippen LogP contribution in [0.25, 0.3) is 0 Å². The van der Waals surface area contributed by atoms with Gasteiger partial charge >= 0.3 is 0 Å². The van der Waals surface area contributed by atoms with Gasteiger partial charge in [-0.05, 0) is 37.3 Å². The van der Waals surface area contributed by atoms with Crippen LogP contribution in [-0.2, 0) is 0 Å². The quantitative estimate of drug-likeness (QED) is 0.479. The highest BCUT2D eigenvalue weighted by atomic mass is 19.1. The van der Waals surface area contributed by atoms with E-state index >= 15 is 0 Å². The van der Waals surface area contributed by atoms with Crippen LogP contribution in [0, 0.1) is 11.7 Å². The van der Waals surface area contributed by atoms with Crippen molar-refractivity contribution in [1.29, 1.82) is 0 Å². The van der Waals surface area contributed by atoms with Crippen molar-refractivity contribution in [2.45, 2.75) is 38.1 Å². The normalized spacial score (nSPS) is 21.6. The summed E-state index contributed by atoms with van der Waals surface area (Å²) in [6.07, 6.45) is 7.93. The molecule has 2 fully saturated rings. The van der Waals surface area contributed by atoms with Crippen LogP contribution in [0.1, 0.15) is 32.1 Å². The lowest BCUT2D eigenvalue weighted by Gasteiger charge is -2.20. The van der Waals surface area contributed by atoms with Gasteiger partial charge in [-0.1, -0.05) is 12.8 Å². The molecule has 0 amide bonds. The highest BCUT2D eigenvalue weighted by molar-refractivity contribution is 5.80. The SMILES string of the molecule is CN=C(NCCCC1CC1)NC1CCN(c2ncccc2F)C1. The van der Waals surface area contributed by atoms with Gasteiger partial charge in [-0.2, -0.15) is 0 Å². The summed E-state index contributed by atoms with van der Waals surface area (Å²) < 4.78 is 13.8. The number of hydrogen-bond donors (Lipinski definition) is 2. The van der Waals surface area contributed by atoms with E-state index in [9.17, 15) is 4.39 Å². The second-order valence-electron chi connectivity index (χ2n) is 6.47. The predicted molar refractivity (Wildman–Crippen MR) is 91.3 cm³/mol. The van der Waals surface area contributed by atoms with E-state index in [1.165, 1.54) is 31.7 Å². The zero-order chi connectivity index (χ0) is 16.1. The van der Waals surface area contributed by atoms with Gasteiger partial charge < -0.3 is 15.5 Å². The summed E-state index contributed by atoms with van der Waals surface area (Å²) >= 11 is 0. The molecule has 2 aliphatic rings. The number of aromatic nitrogens is 1. The van der Waals surface area contributed by atoms with E-state index in [1.807, 2.05) is 4.90 Å². The molecule has 6 heteroatoms. The molecule has 1 saturated heterocycles. The number of guanidine groups is 1. The zero-order valence-corrected chi connectivity index (χ0v) is 13.8. The van der Waals surface area contributed by atoms with E-state index in [2.05, 4.69) is 20.6 Å². The average Bonchev–Trinajstić information content (AvgIpc) is 3.28. The van der Waals surface area contributed by atoms with E-state index in [0.717, 1.165) is 37.9 Å². The Kier molecular flexibility index (Phi) is 5.31. The number of nitrogens with zero attached hydrogens (tertiary/aromatic N) is 3. The van der Waals surface area contributed by atoms with Crippen LogP contribution < -0.4 is 15.5 Å². The largest absolute Gasteiger partial charge is 0.356 e. The molecule has 1 aliphatic heterocycles. The summed E-state index contributed by atoms with van der Waals surface area (Å²) in [5, 5.41) is 6.81. The minimum Gasteiger partial charge on any atom is -0.356 e. The number of rotatable bonds is 6. The molecule has 2 heterocycles. The van der Waals surface area contributed by atoms with Crippen LogP contribution >= 0.6 is 0 Å². The third-order valence-electron chi connectivity index (χ3n) is 4.57. The summed E-state index contributed by atoms with van der Waals surface area (Å²) in [7, 11) is 1.79. The number of pyridine rings is 1. The molecule has 126 valence electrons. The van der Waals surface area contributed by atoms with E-state index in [1.54, 1.807) is 19.3 Å². The third kappa shape index (κ3) is 4.56. The lowest BCUT2D eigenvalue weighted by molar-refractivity contribution is 0.609. The fraction of sp³-hybridized carbons (Fsp3) is 0.647. The van der Waals surface area contributed by atoms with Crippen molar-refractivity contribution in [3.63, 3.8) is 0 Å². The minimum absolute atomic E-state index is 0.254.